The van der Waals surface area contributed by atoms with Crippen molar-refractivity contribution in [2.24, 2.45) is 10.3 Å². The largest absolute Gasteiger partial charge is 0.331 e. The molecule has 5 aromatic carbocycles. The van der Waals surface area contributed by atoms with Crippen molar-refractivity contribution in [3.05, 3.63) is 138 Å². The Hall–Kier alpha value is -6.55. The number of rotatable bonds is 11. The monoisotopic (exact) mass is 653 g/mol. The number of fused-ring (bicyclic) bond motifs is 1. The molecule has 0 aromatic heterocycles. The number of carbonyl (C=O) groups is 5. The average Bonchev–Trinajstić information content (AvgIpc) is 3.13. The number of anilines is 3. The number of benzene rings is 5. The molecule has 0 radical (unpaired) electrons. The van der Waals surface area contributed by atoms with E-state index in [2.05, 4.69) is 15.1 Å². The number of carbonyl (C=O) groups excluding carboxylic acids is 5. The van der Waals surface area contributed by atoms with Crippen LogP contribution in [0.15, 0.2) is 126 Å². The zero-order chi connectivity index (χ0) is 35.1. The van der Waals surface area contributed by atoms with E-state index in [4.69, 9.17) is 4.84 Å². The van der Waals surface area contributed by atoms with Crippen molar-refractivity contribution >= 4 is 68.5 Å². The van der Waals surface area contributed by atoms with E-state index in [0.717, 1.165) is 5.39 Å². The average molecular weight is 654 g/mol. The Morgan fingerprint density at radius 2 is 0.959 bits per heavy atom. The molecule has 0 saturated carbocycles. The summed E-state index contributed by atoms with van der Waals surface area (Å²) in [5.74, 6) is -2.22. The number of hydrogen-bond donors (Lipinski definition) is 0. The molecule has 0 N–H and O–H groups in total. The maximum Gasteiger partial charge on any atom is 0.331 e. The lowest BCUT2D eigenvalue weighted by atomic mass is 9.97. The van der Waals surface area contributed by atoms with Crippen LogP contribution in [0.4, 0.5) is 17.1 Å². The zero-order valence-corrected chi connectivity index (χ0v) is 27.2. The van der Waals surface area contributed by atoms with Crippen molar-refractivity contribution in [2.45, 2.75) is 27.7 Å². The van der Waals surface area contributed by atoms with Gasteiger partial charge in [-0.15, -0.1) is 0 Å². The lowest BCUT2D eigenvalue weighted by Gasteiger charge is -2.27. The highest BCUT2D eigenvalue weighted by molar-refractivity contribution is 6.47. The van der Waals surface area contributed by atoms with Gasteiger partial charge in [-0.3, -0.25) is 14.4 Å². The Kier molecular flexibility index (Phi) is 10.3. The summed E-state index contributed by atoms with van der Waals surface area (Å²) in [4.78, 5) is 73.3. The fraction of sp³-hybridized carbons (Fsp3) is 0.103. The maximum atomic E-state index is 13.4. The Morgan fingerprint density at radius 1 is 0.490 bits per heavy atom. The maximum absolute atomic E-state index is 13.4. The quantitative estimate of drug-likeness (QED) is 0.0611. The molecule has 0 fully saturated rings. The van der Waals surface area contributed by atoms with Gasteiger partial charge in [0, 0.05) is 52.9 Å². The molecule has 10 nitrogen and oxygen atoms in total. The topological polar surface area (TPSA) is 132 Å². The molecule has 0 heterocycles. The summed E-state index contributed by atoms with van der Waals surface area (Å²) in [5.41, 5.74) is 3.86. The van der Waals surface area contributed by atoms with E-state index in [1.807, 2.05) is 59.5 Å². The molecule has 0 amide bonds. The summed E-state index contributed by atoms with van der Waals surface area (Å²) >= 11 is 0. The van der Waals surface area contributed by atoms with Crippen molar-refractivity contribution in [1.82, 2.24) is 0 Å². The van der Waals surface area contributed by atoms with Gasteiger partial charge in [0.1, 0.15) is 11.4 Å². The van der Waals surface area contributed by atoms with E-state index in [1.54, 1.807) is 60.7 Å². The number of hydrogen-bond acceptors (Lipinski definition) is 10. The molecule has 49 heavy (non-hydrogen) atoms. The van der Waals surface area contributed by atoms with Gasteiger partial charge in [0.15, 0.2) is 5.78 Å². The second-order valence-corrected chi connectivity index (χ2v) is 11.0. The molecule has 0 aliphatic rings. The standard InChI is InChI=1S/C39H31N3O7/c1-24(40-48-26(3)43)37(45)29-14-18-31(19-15-29)42(32-20-16-30(17-21-32)39(47)28-10-6-5-7-11-28)36-23-22-35(33-12-8-9-13-34(33)36)38(46)25(2)41-49-27(4)44/h5-23H,1-4H3/b40-24-,41-25-. The van der Waals surface area contributed by atoms with Crippen LogP contribution in [0, 0.1) is 0 Å². The van der Waals surface area contributed by atoms with Crippen molar-refractivity contribution in [3.8, 4) is 0 Å². The van der Waals surface area contributed by atoms with E-state index in [0.29, 0.717) is 44.7 Å². The summed E-state index contributed by atoms with van der Waals surface area (Å²) in [6, 6.07) is 33.8. The Bertz CT molecular complexity index is 2140. The lowest BCUT2D eigenvalue weighted by Crippen LogP contribution is -2.15. The molecular weight excluding hydrogens is 622 g/mol. The number of oxime groups is 2. The minimum atomic E-state index is -0.640. The summed E-state index contributed by atoms with van der Waals surface area (Å²) in [6.45, 7) is 5.32. The molecule has 0 unspecified atom stereocenters. The fourth-order valence-corrected chi connectivity index (χ4v) is 5.14. The van der Waals surface area contributed by atoms with Crippen molar-refractivity contribution < 1.29 is 33.6 Å². The van der Waals surface area contributed by atoms with E-state index in [1.165, 1.54) is 27.7 Å². The van der Waals surface area contributed by atoms with Crippen LogP contribution in [0.1, 0.15) is 64.3 Å². The first kappa shape index (κ1) is 33.8. The molecule has 5 rings (SSSR count). The van der Waals surface area contributed by atoms with Crippen LogP contribution in [0.2, 0.25) is 0 Å². The second-order valence-electron chi connectivity index (χ2n) is 11.0. The van der Waals surface area contributed by atoms with Gasteiger partial charge in [-0.2, -0.15) is 0 Å². The van der Waals surface area contributed by atoms with Gasteiger partial charge in [0.25, 0.3) is 0 Å². The Labute approximate surface area is 282 Å². The third-order valence-corrected chi connectivity index (χ3v) is 7.48. The Balaban J connectivity index is 1.61. The highest BCUT2D eigenvalue weighted by Crippen LogP contribution is 2.40. The first-order chi connectivity index (χ1) is 23.5. The minimum absolute atomic E-state index is 0.0106. The normalized spacial score (nSPS) is 11.5. The number of ketones is 3. The van der Waals surface area contributed by atoms with Crippen molar-refractivity contribution in [2.75, 3.05) is 4.90 Å². The number of nitrogens with zero attached hydrogens (tertiary/aromatic N) is 3. The van der Waals surface area contributed by atoms with Gasteiger partial charge < -0.3 is 14.6 Å². The van der Waals surface area contributed by atoms with Crippen LogP contribution in [0.3, 0.4) is 0 Å². The predicted molar refractivity (Wildman–Crippen MR) is 187 cm³/mol. The van der Waals surface area contributed by atoms with Gasteiger partial charge in [0.05, 0.1) is 5.69 Å². The molecular formula is C39H31N3O7. The molecule has 0 atom stereocenters. The van der Waals surface area contributed by atoms with Crippen LogP contribution in [-0.2, 0) is 19.3 Å². The summed E-state index contributed by atoms with van der Waals surface area (Å²) in [5, 5.41) is 8.64. The minimum Gasteiger partial charge on any atom is -0.318 e. The molecule has 5 aromatic rings. The summed E-state index contributed by atoms with van der Waals surface area (Å²) < 4.78 is 0. The van der Waals surface area contributed by atoms with Crippen LogP contribution < -0.4 is 4.90 Å². The molecule has 244 valence electrons. The summed E-state index contributed by atoms with van der Waals surface area (Å²) in [7, 11) is 0. The molecule has 0 aliphatic carbocycles. The van der Waals surface area contributed by atoms with Gasteiger partial charge in [-0.25, -0.2) is 9.59 Å². The smallest absolute Gasteiger partial charge is 0.318 e. The van der Waals surface area contributed by atoms with E-state index >= 15 is 0 Å². The molecule has 0 aliphatic heterocycles. The van der Waals surface area contributed by atoms with Gasteiger partial charge in [0.2, 0.25) is 11.6 Å². The van der Waals surface area contributed by atoms with Gasteiger partial charge in [-0.05, 0) is 79.9 Å². The zero-order valence-electron chi connectivity index (χ0n) is 27.2. The SMILES string of the molecule is CC(=O)O/N=C(/C)C(=O)c1ccc(N(c2ccc(C(=O)c3ccccc3)cc2)c2ccc(C(=O)/C(C)=N\OC(C)=O)c3ccccc23)cc1. The first-order valence-corrected chi connectivity index (χ1v) is 15.2. The van der Waals surface area contributed by atoms with E-state index < -0.39 is 23.5 Å². The predicted octanol–water partition coefficient (Wildman–Crippen LogP) is 7.78. The molecule has 0 spiro atoms. The van der Waals surface area contributed by atoms with E-state index in [-0.39, 0.29) is 17.2 Å². The highest BCUT2D eigenvalue weighted by atomic mass is 16.7. The second kappa shape index (κ2) is 14.9. The van der Waals surface area contributed by atoms with Crippen LogP contribution in [0.5, 0.6) is 0 Å². The third-order valence-electron chi connectivity index (χ3n) is 7.48. The molecule has 0 bridgehead atoms. The van der Waals surface area contributed by atoms with Gasteiger partial charge >= 0.3 is 11.9 Å². The molecule has 0 saturated heterocycles. The lowest BCUT2D eigenvalue weighted by molar-refractivity contribution is -0.141. The van der Waals surface area contributed by atoms with Crippen molar-refractivity contribution in [3.63, 3.8) is 0 Å². The fourth-order valence-electron chi connectivity index (χ4n) is 5.14. The molecule has 10 heteroatoms. The van der Waals surface area contributed by atoms with Crippen LogP contribution in [0.25, 0.3) is 10.8 Å². The summed E-state index contributed by atoms with van der Waals surface area (Å²) in [6.07, 6.45) is 0. The van der Waals surface area contributed by atoms with E-state index in [9.17, 15) is 24.0 Å². The number of Topliss-reactive ketones (excluding diaryl/α,β-unsaturated/α-hetero) is 2. The van der Waals surface area contributed by atoms with Crippen LogP contribution in [-0.4, -0.2) is 40.7 Å². The first-order valence-electron chi connectivity index (χ1n) is 15.2. The highest BCUT2D eigenvalue weighted by Gasteiger charge is 2.21. The van der Waals surface area contributed by atoms with Crippen LogP contribution >= 0.6 is 0 Å². The van der Waals surface area contributed by atoms with Gasteiger partial charge in [-0.1, -0.05) is 64.9 Å². The third kappa shape index (κ3) is 7.71. The van der Waals surface area contributed by atoms with Crippen molar-refractivity contribution in [1.29, 1.82) is 0 Å². The Morgan fingerprint density at radius 3 is 1.51 bits per heavy atom.